The van der Waals surface area contributed by atoms with Crippen molar-refractivity contribution in [1.82, 2.24) is 4.31 Å². The SMILES string of the molecule is CC1C(=O)Nc2ccccc2CN1S(=O)(=O)CC(C)(F)F. The van der Waals surface area contributed by atoms with Gasteiger partial charge in [0.1, 0.15) is 11.8 Å². The molecule has 1 heterocycles. The fourth-order valence-corrected chi connectivity index (χ4v) is 3.92. The van der Waals surface area contributed by atoms with E-state index in [2.05, 4.69) is 5.32 Å². The summed E-state index contributed by atoms with van der Waals surface area (Å²) in [6.45, 7) is 1.81. The van der Waals surface area contributed by atoms with Crippen molar-refractivity contribution < 1.29 is 22.0 Å². The van der Waals surface area contributed by atoms with Crippen LogP contribution in [0.4, 0.5) is 14.5 Å². The monoisotopic (exact) mass is 318 g/mol. The number of hydrogen-bond acceptors (Lipinski definition) is 3. The maximum absolute atomic E-state index is 13.1. The van der Waals surface area contributed by atoms with E-state index in [9.17, 15) is 22.0 Å². The molecule has 5 nitrogen and oxygen atoms in total. The first-order chi connectivity index (χ1) is 9.60. The molecule has 0 aromatic heterocycles. The highest BCUT2D eigenvalue weighted by atomic mass is 32.2. The van der Waals surface area contributed by atoms with Gasteiger partial charge >= 0.3 is 0 Å². The van der Waals surface area contributed by atoms with Gasteiger partial charge in [0.25, 0.3) is 5.92 Å². The third-order valence-electron chi connectivity index (χ3n) is 3.21. The normalized spacial score (nSPS) is 20.6. The summed E-state index contributed by atoms with van der Waals surface area (Å²) in [6.07, 6.45) is 0. The Morgan fingerprint density at radius 3 is 2.62 bits per heavy atom. The lowest BCUT2D eigenvalue weighted by Gasteiger charge is -2.26. The van der Waals surface area contributed by atoms with Crippen LogP contribution >= 0.6 is 0 Å². The van der Waals surface area contributed by atoms with Crippen LogP contribution in [-0.2, 0) is 21.4 Å². The maximum Gasteiger partial charge on any atom is 0.260 e. The molecule has 0 saturated heterocycles. The molecule has 0 radical (unpaired) electrons. The molecule has 1 aromatic rings. The Morgan fingerprint density at radius 2 is 2.00 bits per heavy atom. The van der Waals surface area contributed by atoms with Gasteiger partial charge in [-0.3, -0.25) is 4.79 Å². The number of nitrogens with zero attached hydrogens (tertiary/aromatic N) is 1. The average Bonchev–Trinajstić information content (AvgIpc) is 2.45. The highest BCUT2D eigenvalue weighted by Crippen LogP contribution is 2.27. The van der Waals surface area contributed by atoms with Crippen LogP contribution in [0.5, 0.6) is 0 Å². The number of sulfonamides is 1. The quantitative estimate of drug-likeness (QED) is 0.924. The van der Waals surface area contributed by atoms with Gasteiger partial charge in [-0.1, -0.05) is 18.2 Å². The standard InChI is InChI=1S/C13H16F2N2O3S/c1-9-12(18)16-11-6-4-3-5-10(11)7-17(9)21(19,20)8-13(2,14)15/h3-6,9H,7-8H2,1-2H3,(H,16,18). The fourth-order valence-electron chi connectivity index (χ4n) is 2.20. The maximum atomic E-state index is 13.1. The predicted octanol–water partition coefficient (Wildman–Crippen LogP) is 1.81. The molecule has 1 aromatic carbocycles. The number of anilines is 1. The van der Waals surface area contributed by atoms with E-state index in [1.54, 1.807) is 24.3 Å². The number of alkyl halides is 2. The van der Waals surface area contributed by atoms with Crippen molar-refractivity contribution >= 4 is 21.6 Å². The summed E-state index contributed by atoms with van der Waals surface area (Å²) in [5.41, 5.74) is 1.06. The Balaban J connectivity index is 2.41. The number of carbonyl (C=O) groups is 1. The number of hydrogen-bond donors (Lipinski definition) is 1. The van der Waals surface area contributed by atoms with Crippen LogP contribution in [-0.4, -0.2) is 36.3 Å². The first-order valence-electron chi connectivity index (χ1n) is 6.36. The van der Waals surface area contributed by atoms with Crippen LogP contribution in [0.25, 0.3) is 0 Å². The van der Waals surface area contributed by atoms with E-state index in [-0.39, 0.29) is 6.54 Å². The van der Waals surface area contributed by atoms with Crippen molar-refractivity contribution in [3.8, 4) is 0 Å². The summed E-state index contributed by atoms with van der Waals surface area (Å²) in [7, 11) is -4.27. The molecule has 21 heavy (non-hydrogen) atoms. The van der Waals surface area contributed by atoms with Crippen LogP contribution in [0, 0.1) is 0 Å². The highest BCUT2D eigenvalue weighted by Gasteiger charge is 2.39. The minimum absolute atomic E-state index is 0.117. The number of fused-ring (bicyclic) bond motifs is 1. The second-order valence-corrected chi connectivity index (χ2v) is 7.12. The van der Waals surface area contributed by atoms with Crippen molar-refractivity contribution in [2.24, 2.45) is 0 Å². The Kier molecular flexibility index (Phi) is 4.03. The van der Waals surface area contributed by atoms with Crippen molar-refractivity contribution in [1.29, 1.82) is 0 Å². The summed E-state index contributed by atoms with van der Waals surface area (Å²) in [5.74, 6) is -5.22. The van der Waals surface area contributed by atoms with Gasteiger partial charge in [-0.25, -0.2) is 17.2 Å². The number of carbonyl (C=O) groups excluding carboxylic acids is 1. The fraction of sp³-hybridized carbons (Fsp3) is 0.462. The number of benzene rings is 1. The third-order valence-corrected chi connectivity index (χ3v) is 5.24. The van der Waals surface area contributed by atoms with E-state index in [1.807, 2.05) is 0 Å². The highest BCUT2D eigenvalue weighted by molar-refractivity contribution is 7.89. The second-order valence-electron chi connectivity index (χ2n) is 5.19. The zero-order valence-electron chi connectivity index (χ0n) is 11.6. The number of amides is 1. The Hall–Kier alpha value is -1.54. The molecule has 1 unspecified atom stereocenters. The number of para-hydroxylation sites is 1. The van der Waals surface area contributed by atoms with Gasteiger partial charge in [-0.05, 0) is 18.6 Å². The summed E-state index contributed by atoms with van der Waals surface area (Å²) in [4.78, 5) is 12.0. The summed E-state index contributed by atoms with van der Waals surface area (Å²) in [5, 5.41) is 2.60. The number of nitrogens with one attached hydrogen (secondary N) is 1. The molecule has 0 spiro atoms. The largest absolute Gasteiger partial charge is 0.324 e. The molecule has 1 atom stereocenters. The number of halogens is 2. The van der Waals surface area contributed by atoms with Gasteiger partial charge in [0.2, 0.25) is 15.9 Å². The van der Waals surface area contributed by atoms with Crippen molar-refractivity contribution in [2.45, 2.75) is 32.4 Å². The molecule has 0 bridgehead atoms. The lowest BCUT2D eigenvalue weighted by Crippen LogP contribution is -2.46. The molecule has 1 amide bonds. The first-order valence-corrected chi connectivity index (χ1v) is 7.97. The molecular weight excluding hydrogens is 302 g/mol. The van der Waals surface area contributed by atoms with E-state index in [0.29, 0.717) is 18.2 Å². The lowest BCUT2D eigenvalue weighted by atomic mass is 10.2. The second kappa shape index (κ2) is 5.34. The molecule has 0 aliphatic carbocycles. The lowest BCUT2D eigenvalue weighted by molar-refractivity contribution is -0.119. The Labute approximate surface area is 122 Å². The zero-order valence-corrected chi connectivity index (χ0v) is 12.5. The molecule has 8 heteroatoms. The minimum atomic E-state index is -4.27. The van der Waals surface area contributed by atoms with Gasteiger partial charge in [0.15, 0.2) is 0 Å². The van der Waals surface area contributed by atoms with Crippen molar-refractivity contribution in [3.63, 3.8) is 0 Å². The van der Waals surface area contributed by atoms with E-state index in [0.717, 1.165) is 4.31 Å². The summed E-state index contributed by atoms with van der Waals surface area (Å²) >= 11 is 0. The van der Waals surface area contributed by atoms with Crippen LogP contribution in [0.1, 0.15) is 19.4 Å². The summed E-state index contributed by atoms with van der Waals surface area (Å²) < 4.78 is 51.4. The van der Waals surface area contributed by atoms with Crippen LogP contribution in [0.15, 0.2) is 24.3 Å². The van der Waals surface area contributed by atoms with Crippen molar-refractivity contribution in [3.05, 3.63) is 29.8 Å². The van der Waals surface area contributed by atoms with Crippen LogP contribution in [0.3, 0.4) is 0 Å². The molecule has 0 saturated carbocycles. The Morgan fingerprint density at radius 1 is 1.38 bits per heavy atom. The average molecular weight is 318 g/mol. The third kappa shape index (κ3) is 3.56. The van der Waals surface area contributed by atoms with E-state index < -0.39 is 33.6 Å². The van der Waals surface area contributed by atoms with E-state index in [1.165, 1.54) is 6.92 Å². The molecule has 116 valence electrons. The molecule has 1 N–H and O–H groups in total. The minimum Gasteiger partial charge on any atom is -0.324 e. The molecule has 2 rings (SSSR count). The topological polar surface area (TPSA) is 66.5 Å². The summed E-state index contributed by atoms with van der Waals surface area (Å²) in [6, 6.07) is 5.64. The Bertz CT molecular complexity index is 656. The zero-order chi connectivity index (χ0) is 15.8. The van der Waals surface area contributed by atoms with Gasteiger partial charge in [-0.15, -0.1) is 0 Å². The van der Waals surface area contributed by atoms with Gasteiger partial charge in [0.05, 0.1) is 0 Å². The van der Waals surface area contributed by atoms with Gasteiger partial charge < -0.3 is 5.32 Å². The number of rotatable bonds is 3. The molecule has 1 aliphatic rings. The smallest absolute Gasteiger partial charge is 0.260 e. The van der Waals surface area contributed by atoms with Gasteiger partial charge in [0, 0.05) is 19.2 Å². The first kappa shape index (κ1) is 15.8. The van der Waals surface area contributed by atoms with Crippen LogP contribution < -0.4 is 5.32 Å². The van der Waals surface area contributed by atoms with E-state index in [4.69, 9.17) is 0 Å². The molecule has 1 aliphatic heterocycles. The van der Waals surface area contributed by atoms with Gasteiger partial charge in [-0.2, -0.15) is 4.31 Å². The molecular formula is C13H16F2N2O3S. The molecule has 0 fully saturated rings. The van der Waals surface area contributed by atoms with Crippen LogP contribution in [0.2, 0.25) is 0 Å². The van der Waals surface area contributed by atoms with E-state index >= 15 is 0 Å². The van der Waals surface area contributed by atoms with Crippen molar-refractivity contribution in [2.75, 3.05) is 11.1 Å². The predicted molar refractivity (Wildman–Crippen MR) is 74.5 cm³/mol.